The average Bonchev–Trinajstić information content (AvgIpc) is 2.81. The summed E-state index contributed by atoms with van der Waals surface area (Å²) in [5.74, 6) is -0.473. The van der Waals surface area contributed by atoms with Crippen molar-refractivity contribution in [1.82, 2.24) is 0 Å². The molecule has 0 heterocycles. The van der Waals surface area contributed by atoms with E-state index < -0.39 is 17.5 Å². The molecule has 2 aliphatic carbocycles. The van der Waals surface area contributed by atoms with Gasteiger partial charge in [-0.1, -0.05) is 30.4 Å². The van der Waals surface area contributed by atoms with Crippen LogP contribution in [-0.2, 0) is 0 Å². The van der Waals surface area contributed by atoms with Gasteiger partial charge in [-0.3, -0.25) is 0 Å². The van der Waals surface area contributed by atoms with Gasteiger partial charge in [0.1, 0.15) is 12.4 Å². The van der Waals surface area contributed by atoms with Crippen molar-refractivity contribution in [3.63, 3.8) is 0 Å². The Bertz CT molecular complexity index is 996. The Morgan fingerprint density at radius 2 is 1.69 bits per heavy atom. The third-order valence-electron chi connectivity index (χ3n) is 7.36. The van der Waals surface area contributed by atoms with Crippen LogP contribution >= 0.6 is 0 Å². The van der Waals surface area contributed by atoms with Gasteiger partial charge in [0.05, 0.1) is 0 Å². The fraction of sp³-hybridized carbons (Fsp3) is 0.429. The average molecular weight is 441 g/mol. The van der Waals surface area contributed by atoms with Crippen molar-refractivity contribution in [2.24, 2.45) is 17.8 Å². The summed E-state index contributed by atoms with van der Waals surface area (Å²) in [6, 6.07) is 7.72. The largest absolute Gasteiger partial charge is 0.486 e. The molecule has 1 nitrogen and oxygen atoms in total. The van der Waals surface area contributed by atoms with Crippen molar-refractivity contribution in [2.75, 3.05) is 6.61 Å². The van der Waals surface area contributed by atoms with Gasteiger partial charge in [0.15, 0.2) is 11.6 Å². The van der Waals surface area contributed by atoms with Gasteiger partial charge < -0.3 is 4.74 Å². The fourth-order valence-electron chi connectivity index (χ4n) is 5.53. The van der Waals surface area contributed by atoms with Crippen molar-refractivity contribution < 1.29 is 17.9 Å². The molecule has 2 aromatic rings. The maximum absolute atomic E-state index is 15.0. The van der Waals surface area contributed by atoms with Gasteiger partial charge in [-0.2, -0.15) is 4.39 Å². The Labute approximate surface area is 189 Å². The van der Waals surface area contributed by atoms with E-state index in [1.807, 2.05) is 13.0 Å². The summed E-state index contributed by atoms with van der Waals surface area (Å²) in [5, 5.41) is 0. The second-order valence-electron chi connectivity index (χ2n) is 9.20. The molecule has 0 aliphatic heterocycles. The molecule has 4 atom stereocenters. The zero-order valence-corrected chi connectivity index (χ0v) is 18.6. The molecular formula is C28H31F3O. The summed E-state index contributed by atoms with van der Waals surface area (Å²) in [6.07, 6.45) is 12.5. The third kappa shape index (κ3) is 4.65. The second-order valence-corrected chi connectivity index (χ2v) is 9.20. The topological polar surface area (TPSA) is 9.23 Å². The molecule has 0 saturated heterocycles. The van der Waals surface area contributed by atoms with E-state index in [-0.39, 0.29) is 23.5 Å². The predicted octanol–water partition coefficient (Wildman–Crippen LogP) is 8.21. The Balaban J connectivity index is 1.50. The number of benzene rings is 2. The second kappa shape index (κ2) is 9.97. The van der Waals surface area contributed by atoms with E-state index in [4.69, 9.17) is 4.74 Å². The smallest absolute Gasteiger partial charge is 0.201 e. The van der Waals surface area contributed by atoms with E-state index in [1.54, 1.807) is 18.2 Å². The van der Waals surface area contributed by atoms with Gasteiger partial charge in [0, 0.05) is 11.1 Å². The van der Waals surface area contributed by atoms with Crippen LogP contribution in [-0.4, -0.2) is 6.61 Å². The Kier molecular flexibility index (Phi) is 7.07. The molecule has 4 heteroatoms. The Morgan fingerprint density at radius 3 is 2.44 bits per heavy atom. The minimum atomic E-state index is -1.09. The minimum absolute atomic E-state index is 0.0744. The summed E-state index contributed by atoms with van der Waals surface area (Å²) in [5.41, 5.74) is 0.949. The highest BCUT2D eigenvalue weighted by molar-refractivity contribution is 5.66. The van der Waals surface area contributed by atoms with Crippen LogP contribution in [0.2, 0.25) is 0 Å². The summed E-state index contributed by atoms with van der Waals surface area (Å²) in [6.45, 7) is 5.92. The quantitative estimate of drug-likeness (QED) is 0.411. The van der Waals surface area contributed by atoms with E-state index in [1.165, 1.54) is 37.5 Å². The van der Waals surface area contributed by atoms with Gasteiger partial charge in [0.25, 0.3) is 0 Å². The normalized spacial score (nSPS) is 25.5. The van der Waals surface area contributed by atoms with E-state index in [9.17, 15) is 8.78 Å². The number of ether oxygens (including phenoxy) is 1. The van der Waals surface area contributed by atoms with Crippen LogP contribution in [0.15, 0.2) is 55.1 Å². The molecule has 0 radical (unpaired) electrons. The molecule has 0 aromatic heterocycles. The summed E-state index contributed by atoms with van der Waals surface area (Å²) >= 11 is 0. The van der Waals surface area contributed by atoms with Gasteiger partial charge in [-0.05, 0) is 92.9 Å². The lowest BCUT2D eigenvalue weighted by molar-refractivity contribution is 0.133. The predicted molar refractivity (Wildman–Crippen MR) is 123 cm³/mol. The molecule has 0 amide bonds. The summed E-state index contributed by atoms with van der Waals surface area (Å²) < 4.78 is 49.4. The van der Waals surface area contributed by atoms with Crippen molar-refractivity contribution >= 4 is 0 Å². The van der Waals surface area contributed by atoms with E-state index in [2.05, 4.69) is 12.7 Å². The lowest BCUT2D eigenvalue weighted by Crippen LogP contribution is -2.30. The molecule has 32 heavy (non-hydrogen) atoms. The summed E-state index contributed by atoms with van der Waals surface area (Å²) in [7, 11) is 0. The summed E-state index contributed by atoms with van der Waals surface area (Å²) in [4.78, 5) is 0. The standard InChI is InChI=1S/C28H31F3O/c1-3-5-14-32-26-13-12-24(27(30)28(26)31)23-11-10-22(17-25(23)29)21-9-8-19-15-18(4-2)6-7-20(19)16-21/h3-5,10-13,17-21H,2,6-9,14-16H2,1H3/b5-3+. The van der Waals surface area contributed by atoms with Gasteiger partial charge in [0.2, 0.25) is 5.82 Å². The molecule has 0 N–H and O–H groups in total. The Morgan fingerprint density at radius 1 is 0.938 bits per heavy atom. The first-order valence-electron chi connectivity index (χ1n) is 11.7. The molecule has 4 unspecified atom stereocenters. The van der Waals surface area contributed by atoms with E-state index >= 15 is 4.39 Å². The molecule has 170 valence electrons. The van der Waals surface area contributed by atoms with Crippen molar-refractivity contribution in [1.29, 1.82) is 0 Å². The number of hydrogen-bond donors (Lipinski definition) is 0. The van der Waals surface area contributed by atoms with E-state index in [0.717, 1.165) is 30.7 Å². The van der Waals surface area contributed by atoms with Crippen molar-refractivity contribution in [2.45, 2.75) is 51.4 Å². The number of rotatable bonds is 6. The lowest BCUT2D eigenvalue weighted by atomic mass is 9.64. The fourth-order valence-corrected chi connectivity index (χ4v) is 5.53. The van der Waals surface area contributed by atoms with Crippen molar-refractivity contribution in [3.05, 3.63) is 78.2 Å². The van der Waals surface area contributed by atoms with Crippen LogP contribution in [0.5, 0.6) is 5.75 Å². The van der Waals surface area contributed by atoms with Crippen LogP contribution in [0.4, 0.5) is 13.2 Å². The van der Waals surface area contributed by atoms with E-state index in [0.29, 0.717) is 17.8 Å². The van der Waals surface area contributed by atoms with Crippen molar-refractivity contribution in [3.8, 4) is 16.9 Å². The SMILES string of the molecule is C=CC1CCC2CC(c3ccc(-c4ccc(OC/C=C/C)c(F)c4F)c(F)c3)CCC2C1. The maximum atomic E-state index is 15.0. The molecule has 2 aliphatic rings. The molecule has 0 spiro atoms. The molecule has 2 saturated carbocycles. The first kappa shape index (κ1) is 22.7. The van der Waals surface area contributed by atoms with Crippen LogP contribution < -0.4 is 4.74 Å². The molecule has 2 fully saturated rings. The minimum Gasteiger partial charge on any atom is -0.486 e. The number of allylic oxidation sites excluding steroid dienone is 2. The number of hydrogen-bond acceptors (Lipinski definition) is 1. The zero-order chi connectivity index (χ0) is 22.7. The number of halogens is 3. The van der Waals surface area contributed by atoms with Crippen LogP contribution in [0.3, 0.4) is 0 Å². The first-order valence-corrected chi connectivity index (χ1v) is 11.7. The lowest BCUT2D eigenvalue weighted by Gasteiger charge is -2.41. The van der Waals surface area contributed by atoms with Crippen LogP contribution in [0.1, 0.15) is 56.9 Å². The van der Waals surface area contributed by atoms with Gasteiger partial charge >= 0.3 is 0 Å². The molecular weight excluding hydrogens is 409 g/mol. The molecule has 4 rings (SSSR count). The monoisotopic (exact) mass is 440 g/mol. The maximum Gasteiger partial charge on any atom is 0.201 e. The highest BCUT2D eigenvalue weighted by atomic mass is 19.2. The molecule has 2 aromatic carbocycles. The highest BCUT2D eigenvalue weighted by Gasteiger charge is 2.35. The number of fused-ring (bicyclic) bond motifs is 1. The van der Waals surface area contributed by atoms with Gasteiger partial charge in [-0.25, -0.2) is 8.78 Å². The Hall–Kier alpha value is -2.49. The highest BCUT2D eigenvalue weighted by Crippen LogP contribution is 2.48. The zero-order valence-electron chi connectivity index (χ0n) is 18.6. The van der Waals surface area contributed by atoms with Crippen LogP contribution in [0.25, 0.3) is 11.1 Å². The molecule has 0 bridgehead atoms. The van der Waals surface area contributed by atoms with Crippen LogP contribution in [0, 0.1) is 35.2 Å². The first-order chi connectivity index (χ1) is 15.5. The third-order valence-corrected chi connectivity index (χ3v) is 7.36. The van der Waals surface area contributed by atoms with Gasteiger partial charge in [-0.15, -0.1) is 6.58 Å².